The molecule has 0 heterocycles. The third kappa shape index (κ3) is 2.07. The van der Waals surface area contributed by atoms with Gasteiger partial charge in [-0.2, -0.15) is 0 Å². The molecule has 0 saturated carbocycles. The summed E-state index contributed by atoms with van der Waals surface area (Å²) in [5.74, 6) is 0. The van der Waals surface area contributed by atoms with Crippen LogP contribution in [0.2, 0.25) is 6.55 Å². The molecule has 1 unspecified atom stereocenters. The Balaban J connectivity index is 2.27. The van der Waals surface area contributed by atoms with Crippen LogP contribution < -0.4 is 10.4 Å². The summed E-state index contributed by atoms with van der Waals surface area (Å²) in [6.45, 7) is 2.27. The largest absolute Gasteiger partial charge is 0.411 e. The van der Waals surface area contributed by atoms with E-state index >= 15 is 0 Å². The lowest BCUT2D eigenvalue weighted by Crippen LogP contribution is -2.57. The maximum absolute atomic E-state index is 6.06. The van der Waals surface area contributed by atoms with Crippen molar-refractivity contribution in [2.75, 3.05) is 7.11 Å². The van der Waals surface area contributed by atoms with Crippen LogP contribution in [0.1, 0.15) is 0 Å². The molecule has 3 aromatic rings. The molecule has 0 N–H and O–H groups in total. The molecule has 0 fully saturated rings. The summed E-state index contributed by atoms with van der Waals surface area (Å²) in [7, 11) is -0.306. The zero-order chi connectivity index (χ0) is 14.0. The van der Waals surface area contributed by atoms with Crippen molar-refractivity contribution in [3.8, 4) is 0 Å². The molecule has 0 bridgehead atoms. The molecular formula is C18H18OSi. The molecule has 20 heavy (non-hydrogen) atoms. The second kappa shape index (κ2) is 5.23. The fourth-order valence-electron chi connectivity index (χ4n) is 2.78. The fourth-order valence-corrected chi connectivity index (χ4v) is 5.53. The van der Waals surface area contributed by atoms with Gasteiger partial charge in [-0.25, -0.2) is 0 Å². The van der Waals surface area contributed by atoms with E-state index in [-0.39, 0.29) is 0 Å². The summed E-state index contributed by atoms with van der Waals surface area (Å²) in [5.41, 5.74) is 0. The topological polar surface area (TPSA) is 9.23 Å². The van der Waals surface area contributed by atoms with Crippen LogP contribution in [0.4, 0.5) is 0 Å². The Kier molecular flexibility index (Phi) is 3.43. The van der Waals surface area contributed by atoms with Gasteiger partial charge in [-0.05, 0) is 27.7 Å². The van der Waals surface area contributed by atoms with Crippen LogP contribution in [0.15, 0.2) is 72.8 Å². The normalized spacial score (nSPS) is 14.1. The van der Waals surface area contributed by atoms with Crippen molar-refractivity contribution in [3.05, 3.63) is 72.8 Å². The standard InChI is InChI=1S/C18H18OSi/c1-19-20(2,16-11-4-3-5-12-16)18-14-8-10-15-9-6-7-13-17(15)18/h3-14H,1-2H3. The van der Waals surface area contributed by atoms with Crippen molar-refractivity contribution >= 4 is 29.5 Å². The van der Waals surface area contributed by atoms with Gasteiger partial charge in [0.2, 0.25) is 0 Å². The molecule has 0 aromatic heterocycles. The highest BCUT2D eigenvalue weighted by Crippen LogP contribution is 2.16. The molecule has 0 saturated heterocycles. The van der Waals surface area contributed by atoms with Gasteiger partial charge in [-0.3, -0.25) is 0 Å². The van der Waals surface area contributed by atoms with Gasteiger partial charge < -0.3 is 4.43 Å². The van der Waals surface area contributed by atoms with E-state index < -0.39 is 8.32 Å². The maximum atomic E-state index is 6.06. The van der Waals surface area contributed by atoms with Gasteiger partial charge in [0.05, 0.1) is 0 Å². The van der Waals surface area contributed by atoms with Crippen molar-refractivity contribution < 1.29 is 4.43 Å². The van der Waals surface area contributed by atoms with Gasteiger partial charge in [-0.15, -0.1) is 0 Å². The molecule has 1 nitrogen and oxygen atoms in total. The highest BCUT2D eigenvalue weighted by molar-refractivity contribution is 6.97. The zero-order valence-corrected chi connectivity index (χ0v) is 12.8. The first-order valence-corrected chi connectivity index (χ1v) is 9.25. The lowest BCUT2D eigenvalue weighted by atomic mass is 10.1. The van der Waals surface area contributed by atoms with E-state index in [1.165, 1.54) is 21.1 Å². The second-order valence-corrected chi connectivity index (χ2v) is 8.72. The Morgan fingerprint density at radius 3 is 2.15 bits per heavy atom. The van der Waals surface area contributed by atoms with Gasteiger partial charge in [0, 0.05) is 7.11 Å². The van der Waals surface area contributed by atoms with E-state index in [2.05, 4.69) is 79.3 Å². The quantitative estimate of drug-likeness (QED) is 0.669. The number of hydrogen-bond donors (Lipinski definition) is 0. The van der Waals surface area contributed by atoms with Crippen molar-refractivity contribution in [2.24, 2.45) is 0 Å². The minimum Gasteiger partial charge on any atom is -0.411 e. The summed E-state index contributed by atoms with van der Waals surface area (Å²) in [5, 5.41) is 5.22. The van der Waals surface area contributed by atoms with E-state index in [1.54, 1.807) is 0 Å². The van der Waals surface area contributed by atoms with Crippen LogP contribution in [0.5, 0.6) is 0 Å². The van der Waals surface area contributed by atoms with E-state index in [4.69, 9.17) is 4.43 Å². The monoisotopic (exact) mass is 278 g/mol. The highest BCUT2D eigenvalue weighted by Gasteiger charge is 2.34. The van der Waals surface area contributed by atoms with E-state index in [9.17, 15) is 0 Å². The Labute approximate surface area is 121 Å². The van der Waals surface area contributed by atoms with Crippen LogP contribution in [-0.2, 0) is 4.43 Å². The van der Waals surface area contributed by atoms with Gasteiger partial charge in [0.25, 0.3) is 8.32 Å². The lowest BCUT2D eigenvalue weighted by molar-refractivity contribution is 0.422. The number of fused-ring (bicyclic) bond motifs is 1. The van der Waals surface area contributed by atoms with Crippen molar-refractivity contribution in [2.45, 2.75) is 6.55 Å². The fraction of sp³-hybridized carbons (Fsp3) is 0.111. The zero-order valence-electron chi connectivity index (χ0n) is 11.8. The average Bonchev–Trinajstić information content (AvgIpc) is 2.54. The molecular weight excluding hydrogens is 260 g/mol. The predicted molar refractivity (Wildman–Crippen MR) is 88.3 cm³/mol. The van der Waals surface area contributed by atoms with Crippen LogP contribution in [-0.4, -0.2) is 15.4 Å². The Morgan fingerprint density at radius 2 is 1.40 bits per heavy atom. The third-order valence-corrected chi connectivity index (χ3v) is 7.75. The maximum Gasteiger partial charge on any atom is 0.252 e. The highest BCUT2D eigenvalue weighted by atomic mass is 28.4. The average molecular weight is 278 g/mol. The third-order valence-electron chi connectivity index (χ3n) is 4.04. The van der Waals surface area contributed by atoms with Gasteiger partial charge in [0.15, 0.2) is 0 Å². The second-order valence-electron chi connectivity index (χ2n) is 5.13. The SMILES string of the molecule is CO[Si](C)(c1ccccc1)c1cccc2ccccc12. The van der Waals surface area contributed by atoms with E-state index in [0.29, 0.717) is 0 Å². The Bertz CT molecular complexity index is 718. The molecule has 3 rings (SSSR count). The van der Waals surface area contributed by atoms with E-state index in [0.717, 1.165) is 0 Å². The summed E-state index contributed by atoms with van der Waals surface area (Å²) in [4.78, 5) is 0. The molecule has 2 heteroatoms. The molecule has 0 radical (unpaired) electrons. The summed E-state index contributed by atoms with van der Waals surface area (Å²) in [6, 6.07) is 25.6. The minimum atomic E-state index is -2.14. The number of hydrogen-bond acceptors (Lipinski definition) is 1. The van der Waals surface area contributed by atoms with Crippen LogP contribution in [0.25, 0.3) is 10.8 Å². The van der Waals surface area contributed by atoms with Crippen molar-refractivity contribution in [1.29, 1.82) is 0 Å². The first-order valence-electron chi connectivity index (χ1n) is 6.84. The van der Waals surface area contributed by atoms with Crippen LogP contribution in [0, 0.1) is 0 Å². The molecule has 0 spiro atoms. The molecule has 0 aliphatic heterocycles. The van der Waals surface area contributed by atoms with Gasteiger partial charge >= 0.3 is 0 Å². The van der Waals surface area contributed by atoms with Crippen LogP contribution in [0.3, 0.4) is 0 Å². The summed E-state index contributed by atoms with van der Waals surface area (Å²) in [6.07, 6.45) is 0. The predicted octanol–water partition coefficient (Wildman–Crippen LogP) is 3.18. The van der Waals surface area contributed by atoms with Crippen LogP contribution >= 0.6 is 0 Å². The Morgan fingerprint density at radius 1 is 0.750 bits per heavy atom. The molecule has 1 atom stereocenters. The Hall–Kier alpha value is -1.90. The molecule has 100 valence electrons. The number of benzene rings is 3. The minimum absolute atomic E-state index is 1.27. The summed E-state index contributed by atoms with van der Waals surface area (Å²) < 4.78 is 6.06. The molecule has 0 aliphatic carbocycles. The van der Waals surface area contributed by atoms with Crippen molar-refractivity contribution in [1.82, 2.24) is 0 Å². The van der Waals surface area contributed by atoms with Gasteiger partial charge in [-0.1, -0.05) is 72.8 Å². The first kappa shape index (κ1) is 13.1. The van der Waals surface area contributed by atoms with Crippen molar-refractivity contribution in [3.63, 3.8) is 0 Å². The smallest absolute Gasteiger partial charge is 0.252 e. The van der Waals surface area contributed by atoms with E-state index in [1.807, 2.05) is 7.11 Å². The number of rotatable bonds is 3. The van der Waals surface area contributed by atoms with Gasteiger partial charge in [0.1, 0.15) is 0 Å². The first-order chi connectivity index (χ1) is 9.75. The molecule has 3 aromatic carbocycles. The lowest BCUT2D eigenvalue weighted by Gasteiger charge is -2.27. The molecule has 0 aliphatic rings. The summed E-state index contributed by atoms with van der Waals surface area (Å²) >= 11 is 0. The molecule has 0 amide bonds.